The first-order valence-corrected chi connectivity index (χ1v) is 5.70. The second-order valence-corrected chi connectivity index (χ2v) is 5.20. The van der Waals surface area contributed by atoms with Crippen molar-refractivity contribution in [2.24, 2.45) is 0 Å². The zero-order valence-electron chi connectivity index (χ0n) is 10.1. The van der Waals surface area contributed by atoms with Crippen molar-refractivity contribution >= 4 is 0 Å². The van der Waals surface area contributed by atoms with E-state index in [2.05, 4.69) is 31.0 Å². The second kappa shape index (κ2) is 5.80. The fourth-order valence-electron chi connectivity index (χ4n) is 1.57. The van der Waals surface area contributed by atoms with E-state index in [1.807, 2.05) is 0 Å². The van der Waals surface area contributed by atoms with Gasteiger partial charge in [-0.1, -0.05) is 0 Å². The van der Waals surface area contributed by atoms with Gasteiger partial charge in [-0.25, -0.2) is 0 Å². The fourth-order valence-corrected chi connectivity index (χ4v) is 1.57. The number of nitrogens with one attached hydrogen (secondary N) is 1. The summed E-state index contributed by atoms with van der Waals surface area (Å²) in [7, 11) is 0. The summed E-state index contributed by atoms with van der Waals surface area (Å²) in [5.74, 6) is 0. The molecule has 0 amide bonds. The lowest BCUT2D eigenvalue weighted by Gasteiger charge is -2.30. The number of rotatable bonds is 4. The Morgan fingerprint density at radius 2 is 1.93 bits per heavy atom. The van der Waals surface area contributed by atoms with Crippen molar-refractivity contribution in [1.29, 1.82) is 0 Å². The number of ether oxygens (including phenoxy) is 1. The first-order valence-electron chi connectivity index (χ1n) is 5.70. The summed E-state index contributed by atoms with van der Waals surface area (Å²) in [5.41, 5.74) is 0.0754. The summed E-state index contributed by atoms with van der Waals surface area (Å²) >= 11 is 0. The highest BCUT2D eigenvalue weighted by atomic mass is 16.5. The molecular formula is C11H24N2O2. The molecule has 2 N–H and O–H groups in total. The van der Waals surface area contributed by atoms with Crippen LogP contribution in [0.25, 0.3) is 0 Å². The summed E-state index contributed by atoms with van der Waals surface area (Å²) in [5, 5.41) is 13.1. The third kappa shape index (κ3) is 6.10. The van der Waals surface area contributed by atoms with Crippen LogP contribution in [0.1, 0.15) is 20.8 Å². The molecule has 0 spiro atoms. The molecule has 4 heteroatoms. The highest BCUT2D eigenvalue weighted by Crippen LogP contribution is 2.01. The van der Waals surface area contributed by atoms with E-state index in [9.17, 15) is 5.11 Å². The Morgan fingerprint density at radius 3 is 2.47 bits per heavy atom. The summed E-state index contributed by atoms with van der Waals surface area (Å²) < 4.78 is 5.26. The van der Waals surface area contributed by atoms with Crippen LogP contribution in [0, 0.1) is 0 Å². The lowest BCUT2D eigenvalue weighted by Crippen LogP contribution is -2.47. The minimum atomic E-state index is -0.290. The highest BCUT2D eigenvalue weighted by Gasteiger charge is 2.16. The number of hydrogen-bond acceptors (Lipinski definition) is 4. The minimum absolute atomic E-state index is 0.0754. The topological polar surface area (TPSA) is 44.7 Å². The molecule has 0 bridgehead atoms. The van der Waals surface area contributed by atoms with Gasteiger partial charge < -0.3 is 15.2 Å². The maximum absolute atomic E-state index is 9.82. The Morgan fingerprint density at radius 1 is 1.33 bits per heavy atom. The van der Waals surface area contributed by atoms with Gasteiger partial charge in [-0.3, -0.25) is 4.90 Å². The zero-order valence-corrected chi connectivity index (χ0v) is 10.1. The van der Waals surface area contributed by atoms with Crippen molar-refractivity contribution < 1.29 is 9.84 Å². The van der Waals surface area contributed by atoms with Gasteiger partial charge in [0.15, 0.2) is 0 Å². The van der Waals surface area contributed by atoms with Crippen molar-refractivity contribution in [2.45, 2.75) is 32.4 Å². The summed E-state index contributed by atoms with van der Waals surface area (Å²) in [4.78, 5) is 2.25. The lowest BCUT2D eigenvalue weighted by atomic mass is 10.1. The highest BCUT2D eigenvalue weighted by molar-refractivity contribution is 4.75. The van der Waals surface area contributed by atoms with Crippen LogP contribution in [0.15, 0.2) is 0 Å². The molecule has 0 saturated carbocycles. The van der Waals surface area contributed by atoms with E-state index < -0.39 is 0 Å². The van der Waals surface area contributed by atoms with Crippen LogP contribution in [0.5, 0.6) is 0 Å². The average Bonchev–Trinajstić information content (AvgIpc) is 2.15. The molecule has 1 unspecified atom stereocenters. The van der Waals surface area contributed by atoms with Crippen molar-refractivity contribution in [2.75, 3.05) is 39.4 Å². The maximum Gasteiger partial charge on any atom is 0.0791 e. The molecule has 0 aromatic heterocycles. The van der Waals surface area contributed by atoms with Crippen molar-refractivity contribution in [3.63, 3.8) is 0 Å². The quantitative estimate of drug-likeness (QED) is 0.698. The Bertz CT molecular complexity index is 174. The number of hydrogen-bond donors (Lipinski definition) is 2. The van der Waals surface area contributed by atoms with Gasteiger partial charge in [-0.2, -0.15) is 0 Å². The van der Waals surface area contributed by atoms with Gasteiger partial charge in [0.1, 0.15) is 0 Å². The van der Waals surface area contributed by atoms with E-state index in [4.69, 9.17) is 4.74 Å². The normalized spacial score (nSPS) is 21.6. The zero-order chi connectivity index (χ0) is 11.3. The molecule has 1 aliphatic rings. The Kier molecular flexibility index (Phi) is 4.99. The fraction of sp³-hybridized carbons (Fsp3) is 1.00. The van der Waals surface area contributed by atoms with E-state index in [0.717, 1.165) is 32.8 Å². The number of morpholine rings is 1. The Labute approximate surface area is 92.6 Å². The third-order valence-electron chi connectivity index (χ3n) is 2.44. The lowest BCUT2D eigenvalue weighted by molar-refractivity contribution is 0.0139. The Hall–Kier alpha value is -0.160. The summed E-state index contributed by atoms with van der Waals surface area (Å²) in [6.07, 6.45) is -0.290. The monoisotopic (exact) mass is 216 g/mol. The van der Waals surface area contributed by atoms with Gasteiger partial charge in [-0.15, -0.1) is 0 Å². The van der Waals surface area contributed by atoms with Gasteiger partial charge in [0.05, 0.1) is 19.3 Å². The smallest absolute Gasteiger partial charge is 0.0791 e. The number of nitrogens with zero attached hydrogens (tertiary/aromatic N) is 1. The van der Waals surface area contributed by atoms with Crippen molar-refractivity contribution in [3.05, 3.63) is 0 Å². The number of aliphatic hydroxyl groups is 1. The first kappa shape index (κ1) is 12.9. The van der Waals surface area contributed by atoms with Gasteiger partial charge in [0.25, 0.3) is 0 Å². The van der Waals surface area contributed by atoms with E-state index >= 15 is 0 Å². The molecule has 1 heterocycles. The molecule has 0 aromatic carbocycles. The van der Waals surface area contributed by atoms with Crippen molar-refractivity contribution in [1.82, 2.24) is 10.2 Å². The summed E-state index contributed by atoms with van der Waals surface area (Å²) in [6, 6.07) is 0. The van der Waals surface area contributed by atoms with Gasteiger partial charge in [0, 0.05) is 31.7 Å². The minimum Gasteiger partial charge on any atom is -0.390 e. The molecule has 90 valence electrons. The molecule has 1 rings (SSSR count). The molecule has 4 nitrogen and oxygen atoms in total. The van der Waals surface area contributed by atoms with Crippen LogP contribution in [0.4, 0.5) is 0 Å². The molecule has 0 radical (unpaired) electrons. The first-order chi connectivity index (χ1) is 6.97. The maximum atomic E-state index is 9.82. The largest absolute Gasteiger partial charge is 0.390 e. The third-order valence-corrected chi connectivity index (χ3v) is 2.44. The van der Waals surface area contributed by atoms with Gasteiger partial charge >= 0.3 is 0 Å². The predicted octanol–water partition coefficient (Wildman–Crippen LogP) is 0.0676. The van der Waals surface area contributed by atoms with E-state index in [-0.39, 0.29) is 11.6 Å². The van der Waals surface area contributed by atoms with Crippen LogP contribution in [0.3, 0.4) is 0 Å². The van der Waals surface area contributed by atoms with E-state index in [1.165, 1.54) is 0 Å². The average molecular weight is 216 g/mol. The summed E-state index contributed by atoms with van der Waals surface area (Å²) in [6.45, 7) is 11.2. The molecule has 0 aromatic rings. The van der Waals surface area contributed by atoms with Crippen molar-refractivity contribution in [3.8, 4) is 0 Å². The Balaban J connectivity index is 2.14. The molecule has 1 aliphatic heterocycles. The van der Waals surface area contributed by atoms with Crippen LogP contribution < -0.4 is 5.32 Å². The SMILES string of the molecule is CC(C)(C)NCC(O)CN1CCOCC1. The molecule has 1 atom stereocenters. The van der Waals surface area contributed by atoms with E-state index in [1.54, 1.807) is 0 Å². The van der Waals surface area contributed by atoms with Gasteiger partial charge in [-0.05, 0) is 20.8 Å². The molecular weight excluding hydrogens is 192 g/mol. The van der Waals surface area contributed by atoms with Crippen LogP contribution in [-0.4, -0.2) is 61.0 Å². The molecule has 15 heavy (non-hydrogen) atoms. The number of β-amino-alcohol motifs (C(OH)–C–C–N with tert-alkyl or cyclic N) is 1. The molecule has 1 fully saturated rings. The molecule has 1 saturated heterocycles. The standard InChI is InChI=1S/C11H24N2O2/c1-11(2,3)12-8-10(14)9-13-4-6-15-7-5-13/h10,12,14H,4-9H2,1-3H3. The van der Waals surface area contributed by atoms with Crippen LogP contribution >= 0.6 is 0 Å². The molecule has 0 aliphatic carbocycles. The van der Waals surface area contributed by atoms with Crippen LogP contribution in [-0.2, 0) is 4.74 Å². The number of aliphatic hydroxyl groups excluding tert-OH is 1. The van der Waals surface area contributed by atoms with Crippen LogP contribution in [0.2, 0.25) is 0 Å². The second-order valence-electron chi connectivity index (χ2n) is 5.20. The van der Waals surface area contributed by atoms with Gasteiger partial charge in [0.2, 0.25) is 0 Å². The predicted molar refractivity (Wildman–Crippen MR) is 61.0 cm³/mol. The van der Waals surface area contributed by atoms with E-state index in [0.29, 0.717) is 6.54 Å².